The van der Waals surface area contributed by atoms with Crippen LogP contribution in [0.15, 0.2) is 28.7 Å². The van der Waals surface area contributed by atoms with Crippen molar-refractivity contribution in [1.29, 1.82) is 0 Å². The molecule has 1 heterocycles. The number of benzene rings is 1. The van der Waals surface area contributed by atoms with Crippen LogP contribution in [0.3, 0.4) is 0 Å². The summed E-state index contributed by atoms with van der Waals surface area (Å²) < 4.78 is 6.55. The third-order valence-electron chi connectivity index (χ3n) is 3.49. The summed E-state index contributed by atoms with van der Waals surface area (Å²) in [7, 11) is 1.98. The highest BCUT2D eigenvalue weighted by molar-refractivity contribution is 9.10. The molecule has 0 spiro atoms. The molecule has 1 amide bonds. The van der Waals surface area contributed by atoms with Crippen LogP contribution in [-0.4, -0.2) is 66.8 Å². The number of hydrogen-bond acceptors (Lipinski definition) is 4. The Labute approximate surface area is 133 Å². The van der Waals surface area contributed by atoms with E-state index in [-0.39, 0.29) is 12.5 Å². The Morgan fingerprint density at radius 3 is 3.05 bits per heavy atom. The van der Waals surface area contributed by atoms with Crippen LogP contribution >= 0.6 is 15.9 Å². The number of morpholine rings is 1. The zero-order chi connectivity index (χ0) is 15.2. The molecule has 1 aromatic rings. The Hall–Kier alpha value is -0.950. The largest absolute Gasteiger partial charge is 0.395 e. The van der Waals surface area contributed by atoms with Gasteiger partial charge in [-0.15, -0.1) is 0 Å². The van der Waals surface area contributed by atoms with Gasteiger partial charge in [-0.3, -0.25) is 4.79 Å². The van der Waals surface area contributed by atoms with Gasteiger partial charge < -0.3 is 19.6 Å². The van der Waals surface area contributed by atoms with Gasteiger partial charge in [0.25, 0.3) is 5.91 Å². The molecule has 5 nitrogen and oxygen atoms in total. The minimum atomic E-state index is -0.442. The maximum atomic E-state index is 12.6. The van der Waals surface area contributed by atoms with Gasteiger partial charge in [-0.05, 0) is 24.7 Å². The molecule has 1 aliphatic heterocycles. The molecule has 1 aliphatic rings. The van der Waals surface area contributed by atoms with Gasteiger partial charge in [0.1, 0.15) is 6.10 Å². The van der Waals surface area contributed by atoms with Crippen molar-refractivity contribution in [2.24, 2.45) is 0 Å². The standard InChI is InChI=1S/C15H21BrN2O3/c1-17-6-8-21-14(11-17)15(20)18(5-7-19)10-12-3-2-4-13(16)9-12/h2-4,9,14,19H,5-8,10-11H2,1H3. The molecular weight excluding hydrogens is 336 g/mol. The van der Waals surface area contributed by atoms with Crippen LogP contribution in [0.5, 0.6) is 0 Å². The summed E-state index contributed by atoms with van der Waals surface area (Å²) in [6, 6.07) is 7.83. The fourth-order valence-electron chi connectivity index (χ4n) is 2.37. The first-order chi connectivity index (χ1) is 10.1. The van der Waals surface area contributed by atoms with Crippen molar-refractivity contribution in [3.63, 3.8) is 0 Å². The Balaban J connectivity index is 2.05. The minimum Gasteiger partial charge on any atom is -0.395 e. The first-order valence-corrected chi connectivity index (χ1v) is 7.83. The van der Waals surface area contributed by atoms with Crippen molar-refractivity contribution >= 4 is 21.8 Å². The zero-order valence-corrected chi connectivity index (χ0v) is 13.8. The highest BCUT2D eigenvalue weighted by Gasteiger charge is 2.28. The predicted molar refractivity (Wildman–Crippen MR) is 83.9 cm³/mol. The molecule has 0 saturated carbocycles. The fraction of sp³-hybridized carbons (Fsp3) is 0.533. The molecule has 1 fully saturated rings. The van der Waals surface area contributed by atoms with Crippen LogP contribution in [0.4, 0.5) is 0 Å². The molecule has 1 N–H and O–H groups in total. The number of amides is 1. The SMILES string of the molecule is CN1CCOC(C(=O)N(CCO)Cc2cccc(Br)c2)C1. The van der Waals surface area contributed by atoms with Crippen LogP contribution < -0.4 is 0 Å². The van der Waals surface area contributed by atoms with Crippen molar-refractivity contribution < 1.29 is 14.6 Å². The minimum absolute atomic E-state index is 0.0533. The second kappa shape index (κ2) is 7.89. The van der Waals surface area contributed by atoms with Gasteiger partial charge in [0.2, 0.25) is 0 Å². The van der Waals surface area contributed by atoms with E-state index in [0.717, 1.165) is 16.6 Å². The van der Waals surface area contributed by atoms with Crippen LogP contribution in [0, 0.1) is 0 Å². The number of nitrogens with zero attached hydrogens (tertiary/aromatic N) is 2. The van der Waals surface area contributed by atoms with Gasteiger partial charge in [-0.2, -0.15) is 0 Å². The predicted octanol–water partition coefficient (Wildman–Crippen LogP) is 1.10. The van der Waals surface area contributed by atoms with Gasteiger partial charge >= 0.3 is 0 Å². The van der Waals surface area contributed by atoms with Crippen LogP contribution in [-0.2, 0) is 16.1 Å². The van der Waals surface area contributed by atoms with E-state index in [1.165, 1.54) is 0 Å². The summed E-state index contributed by atoms with van der Waals surface area (Å²) in [6.07, 6.45) is -0.442. The summed E-state index contributed by atoms with van der Waals surface area (Å²) >= 11 is 3.43. The molecule has 2 rings (SSSR count). The maximum absolute atomic E-state index is 12.6. The van der Waals surface area contributed by atoms with E-state index in [2.05, 4.69) is 20.8 Å². The number of aliphatic hydroxyl groups is 1. The molecule has 0 radical (unpaired) electrons. The number of aliphatic hydroxyl groups excluding tert-OH is 1. The number of carbonyl (C=O) groups excluding carboxylic acids is 1. The van der Waals surface area contributed by atoms with Crippen LogP contribution in [0.2, 0.25) is 0 Å². The highest BCUT2D eigenvalue weighted by atomic mass is 79.9. The quantitative estimate of drug-likeness (QED) is 0.858. The van der Waals surface area contributed by atoms with E-state index in [1.54, 1.807) is 4.90 Å². The maximum Gasteiger partial charge on any atom is 0.253 e. The summed E-state index contributed by atoms with van der Waals surface area (Å²) in [6.45, 7) is 2.74. The lowest BCUT2D eigenvalue weighted by atomic mass is 10.2. The van der Waals surface area contributed by atoms with Gasteiger partial charge in [-0.1, -0.05) is 28.1 Å². The lowest BCUT2D eigenvalue weighted by Crippen LogP contribution is -2.50. The molecule has 116 valence electrons. The topological polar surface area (TPSA) is 53.0 Å². The molecule has 0 bridgehead atoms. The van der Waals surface area contributed by atoms with Gasteiger partial charge in [0, 0.05) is 30.7 Å². The number of hydrogen-bond donors (Lipinski definition) is 1. The lowest BCUT2D eigenvalue weighted by Gasteiger charge is -2.33. The van der Waals surface area contributed by atoms with Crippen molar-refractivity contribution in [3.8, 4) is 0 Å². The smallest absolute Gasteiger partial charge is 0.253 e. The molecule has 21 heavy (non-hydrogen) atoms. The Kier molecular flexibility index (Phi) is 6.17. The molecule has 6 heteroatoms. The number of halogens is 1. The molecule has 1 unspecified atom stereocenters. The average Bonchev–Trinajstić information content (AvgIpc) is 2.46. The van der Waals surface area contributed by atoms with Gasteiger partial charge in [-0.25, -0.2) is 0 Å². The molecule has 1 saturated heterocycles. The first kappa shape index (κ1) is 16.4. The van der Waals surface area contributed by atoms with Crippen molar-refractivity contribution in [3.05, 3.63) is 34.3 Å². The summed E-state index contributed by atoms with van der Waals surface area (Å²) in [5.74, 6) is -0.0597. The lowest BCUT2D eigenvalue weighted by molar-refractivity contribution is -0.150. The number of rotatable bonds is 5. The second-order valence-electron chi connectivity index (χ2n) is 5.23. The second-order valence-corrected chi connectivity index (χ2v) is 6.15. The van der Waals surface area contributed by atoms with E-state index in [1.807, 2.05) is 31.3 Å². The Morgan fingerprint density at radius 1 is 1.57 bits per heavy atom. The van der Waals surface area contributed by atoms with Crippen molar-refractivity contribution in [1.82, 2.24) is 9.80 Å². The monoisotopic (exact) mass is 356 g/mol. The number of ether oxygens (including phenoxy) is 1. The summed E-state index contributed by atoms with van der Waals surface area (Å²) in [5, 5.41) is 9.21. The molecule has 1 atom stereocenters. The average molecular weight is 357 g/mol. The first-order valence-electron chi connectivity index (χ1n) is 7.04. The third kappa shape index (κ3) is 4.78. The molecule has 1 aromatic carbocycles. The van der Waals surface area contributed by atoms with E-state index >= 15 is 0 Å². The third-order valence-corrected chi connectivity index (χ3v) is 3.98. The Morgan fingerprint density at radius 2 is 2.38 bits per heavy atom. The molecular formula is C15H21BrN2O3. The van der Waals surface area contributed by atoms with Gasteiger partial charge in [0.15, 0.2) is 0 Å². The Bertz CT molecular complexity index is 484. The summed E-state index contributed by atoms with van der Waals surface area (Å²) in [5.41, 5.74) is 1.02. The summed E-state index contributed by atoms with van der Waals surface area (Å²) in [4.78, 5) is 16.3. The fourth-order valence-corrected chi connectivity index (χ4v) is 2.82. The van der Waals surface area contributed by atoms with E-state index in [9.17, 15) is 9.90 Å². The normalized spacial score (nSPS) is 19.5. The number of likely N-dealkylation sites (N-methyl/N-ethyl adjacent to an activating group) is 1. The van der Waals surface area contributed by atoms with Crippen LogP contribution in [0.1, 0.15) is 5.56 Å². The van der Waals surface area contributed by atoms with Gasteiger partial charge in [0.05, 0.1) is 13.2 Å². The molecule has 0 aromatic heterocycles. The van der Waals surface area contributed by atoms with Crippen LogP contribution in [0.25, 0.3) is 0 Å². The number of carbonyl (C=O) groups is 1. The zero-order valence-electron chi connectivity index (χ0n) is 12.2. The van der Waals surface area contributed by atoms with Crippen molar-refractivity contribution in [2.45, 2.75) is 12.6 Å². The molecule has 0 aliphatic carbocycles. The van der Waals surface area contributed by atoms with Crippen molar-refractivity contribution in [2.75, 3.05) is 39.9 Å². The van der Waals surface area contributed by atoms with E-state index < -0.39 is 6.10 Å². The van der Waals surface area contributed by atoms with E-state index in [0.29, 0.717) is 26.2 Å². The highest BCUT2D eigenvalue weighted by Crippen LogP contribution is 2.15. The van der Waals surface area contributed by atoms with E-state index in [4.69, 9.17) is 4.74 Å².